The highest BCUT2D eigenvalue weighted by molar-refractivity contribution is 8.03. The van der Waals surface area contributed by atoms with Crippen molar-refractivity contribution in [2.75, 3.05) is 25.6 Å². The van der Waals surface area contributed by atoms with Crippen LogP contribution in [-0.2, 0) is 9.84 Å². The van der Waals surface area contributed by atoms with Crippen molar-refractivity contribution in [3.05, 3.63) is 10.4 Å². The van der Waals surface area contributed by atoms with Gasteiger partial charge in [-0.1, -0.05) is 0 Å². The normalized spacial score (nSPS) is 13.1. The first-order valence-electron chi connectivity index (χ1n) is 4.15. The number of rotatable bonds is 5. The Hall–Kier alpha value is -0.160. The molecule has 13 heavy (non-hydrogen) atoms. The van der Waals surface area contributed by atoms with Gasteiger partial charge in [-0.25, -0.2) is 8.42 Å². The van der Waals surface area contributed by atoms with Crippen molar-refractivity contribution in [1.29, 1.82) is 0 Å². The van der Waals surface area contributed by atoms with E-state index in [1.165, 1.54) is 23.4 Å². The fourth-order valence-corrected chi connectivity index (χ4v) is 2.91. The van der Waals surface area contributed by atoms with E-state index < -0.39 is 9.84 Å². The lowest BCUT2D eigenvalue weighted by Gasteiger charge is -2.22. The van der Waals surface area contributed by atoms with Crippen molar-refractivity contribution in [3.8, 4) is 0 Å². The Kier molecular flexibility index (Phi) is 5.48. The average molecular weight is 223 g/mol. The van der Waals surface area contributed by atoms with Crippen LogP contribution in [0.2, 0.25) is 0 Å². The third kappa shape index (κ3) is 5.21. The zero-order valence-corrected chi connectivity index (χ0v) is 10.2. The van der Waals surface area contributed by atoms with E-state index in [2.05, 4.69) is 0 Å². The molecule has 0 aliphatic rings. The van der Waals surface area contributed by atoms with Crippen molar-refractivity contribution in [2.24, 2.45) is 0 Å². The molecule has 0 unspecified atom stereocenters. The Morgan fingerprint density at radius 3 is 2.08 bits per heavy atom. The minimum absolute atomic E-state index is 0.813. The molecule has 3 nitrogen and oxygen atoms in total. The summed E-state index contributed by atoms with van der Waals surface area (Å²) in [7, 11) is -3.03. The molecule has 0 aromatic heterocycles. The van der Waals surface area contributed by atoms with Gasteiger partial charge in [0.1, 0.15) is 0 Å². The van der Waals surface area contributed by atoms with E-state index in [-0.39, 0.29) is 0 Å². The maximum atomic E-state index is 11.0. The van der Waals surface area contributed by atoms with Crippen LogP contribution in [-0.4, -0.2) is 38.9 Å². The molecular formula is C8H17NO2S2. The SMILES string of the molecule is CCN(CC)/C(=C\S(C)(=O)=O)SC. The Bertz CT molecular complexity index is 266. The summed E-state index contributed by atoms with van der Waals surface area (Å²) in [6.45, 7) is 5.68. The van der Waals surface area contributed by atoms with Gasteiger partial charge >= 0.3 is 0 Å². The molecule has 0 spiro atoms. The van der Waals surface area contributed by atoms with Gasteiger partial charge in [0.25, 0.3) is 0 Å². The third-order valence-corrected chi connectivity index (χ3v) is 3.19. The first-order valence-corrected chi connectivity index (χ1v) is 7.33. The van der Waals surface area contributed by atoms with E-state index in [1.807, 2.05) is 25.0 Å². The van der Waals surface area contributed by atoms with Crippen molar-refractivity contribution in [3.63, 3.8) is 0 Å². The summed E-state index contributed by atoms with van der Waals surface area (Å²) < 4.78 is 22.0. The molecule has 0 aliphatic carbocycles. The fraction of sp³-hybridized carbons (Fsp3) is 0.750. The van der Waals surface area contributed by atoms with Crippen LogP contribution in [0.5, 0.6) is 0 Å². The molecule has 0 aromatic rings. The summed E-state index contributed by atoms with van der Waals surface area (Å²) in [5.41, 5.74) is 0. The maximum absolute atomic E-state index is 11.0. The molecule has 0 rings (SSSR count). The van der Waals surface area contributed by atoms with Crippen LogP contribution in [0.4, 0.5) is 0 Å². The second-order valence-electron chi connectivity index (χ2n) is 2.66. The monoisotopic (exact) mass is 223 g/mol. The van der Waals surface area contributed by atoms with Gasteiger partial charge in [0.2, 0.25) is 0 Å². The second kappa shape index (κ2) is 5.54. The zero-order valence-electron chi connectivity index (χ0n) is 8.57. The zero-order chi connectivity index (χ0) is 10.5. The predicted octanol–water partition coefficient (Wildman–Crippen LogP) is 1.53. The van der Waals surface area contributed by atoms with Gasteiger partial charge in [-0.15, -0.1) is 11.8 Å². The topological polar surface area (TPSA) is 37.4 Å². The highest BCUT2D eigenvalue weighted by Gasteiger charge is 2.07. The number of nitrogens with zero attached hydrogens (tertiary/aromatic N) is 1. The molecule has 0 radical (unpaired) electrons. The molecule has 0 heterocycles. The van der Waals surface area contributed by atoms with E-state index in [0.29, 0.717) is 0 Å². The molecule has 0 aromatic carbocycles. The van der Waals surface area contributed by atoms with Crippen LogP contribution < -0.4 is 0 Å². The van der Waals surface area contributed by atoms with Gasteiger partial charge in [0.15, 0.2) is 9.84 Å². The first-order chi connectivity index (χ1) is 5.94. The quantitative estimate of drug-likeness (QED) is 0.708. The lowest BCUT2D eigenvalue weighted by atomic mass is 10.5. The second-order valence-corrected chi connectivity index (χ2v) is 5.38. The van der Waals surface area contributed by atoms with Gasteiger partial charge in [-0.2, -0.15) is 0 Å². The van der Waals surface area contributed by atoms with Crippen molar-refractivity contribution >= 4 is 21.6 Å². The summed E-state index contributed by atoms with van der Waals surface area (Å²) in [4.78, 5) is 2.02. The molecule has 0 aliphatic heterocycles. The lowest BCUT2D eigenvalue weighted by Crippen LogP contribution is -2.21. The van der Waals surface area contributed by atoms with Crippen LogP contribution in [0.25, 0.3) is 0 Å². The fourth-order valence-electron chi connectivity index (χ4n) is 0.970. The third-order valence-electron chi connectivity index (χ3n) is 1.60. The maximum Gasteiger partial charge on any atom is 0.171 e. The van der Waals surface area contributed by atoms with Gasteiger partial charge in [0.05, 0.1) is 10.4 Å². The van der Waals surface area contributed by atoms with E-state index in [1.54, 1.807) is 0 Å². The van der Waals surface area contributed by atoms with Gasteiger partial charge in [-0.3, -0.25) is 0 Å². The summed E-state index contributed by atoms with van der Waals surface area (Å²) in [5, 5.41) is 2.14. The molecule has 0 bridgehead atoms. The van der Waals surface area contributed by atoms with E-state index >= 15 is 0 Å². The molecule has 0 atom stereocenters. The molecule has 0 fully saturated rings. The minimum atomic E-state index is -3.03. The molecule has 5 heteroatoms. The smallest absolute Gasteiger partial charge is 0.171 e. The van der Waals surface area contributed by atoms with Crippen LogP contribution in [0, 0.1) is 0 Å². The van der Waals surface area contributed by atoms with E-state index in [0.717, 1.165) is 18.1 Å². The summed E-state index contributed by atoms with van der Waals surface area (Å²) >= 11 is 1.46. The number of hydrogen-bond acceptors (Lipinski definition) is 4. The van der Waals surface area contributed by atoms with Crippen LogP contribution in [0.1, 0.15) is 13.8 Å². The Labute approximate surface area is 85.1 Å². The molecule has 0 saturated heterocycles. The van der Waals surface area contributed by atoms with Crippen molar-refractivity contribution in [1.82, 2.24) is 4.90 Å². The average Bonchev–Trinajstić information content (AvgIpc) is 2.02. The van der Waals surface area contributed by atoms with Crippen LogP contribution in [0.15, 0.2) is 10.4 Å². The molecule has 78 valence electrons. The van der Waals surface area contributed by atoms with E-state index in [4.69, 9.17) is 0 Å². The molecular weight excluding hydrogens is 206 g/mol. The number of thioether (sulfide) groups is 1. The first kappa shape index (κ1) is 12.8. The minimum Gasteiger partial charge on any atom is -0.366 e. The highest BCUT2D eigenvalue weighted by atomic mass is 32.2. The Morgan fingerprint density at radius 1 is 1.38 bits per heavy atom. The van der Waals surface area contributed by atoms with Crippen LogP contribution >= 0.6 is 11.8 Å². The van der Waals surface area contributed by atoms with Gasteiger partial charge in [-0.05, 0) is 20.1 Å². The van der Waals surface area contributed by atoms with Crippen molar-refractivity contribution < 1.29 is 8.42 Å². The van der Waals surface area contributed by atoms with Gasteiger partial charge < -0.3 is 4.90 Å². The van der Waals surface area contributed by atoms with Crippen LogP contribution in [0.3, 0.4) is 0 Å². The lowest BCUT2D eigenvalue weighted by molar-refractivity contribution is 0.409. The molecule has 0 saturated carbocycles. The summed E-state index contributed by atoms with van der Waals surface area (Å²) in [6.07, 6.45) is 3.10. The largest absolute Gasteiger partial charge is 0.366 e. The van der Waals surface area contributed by atoms with E-state index in [9.17, 15) is 8.42 Å². The highest BCUT2D eigenvalue weighted by Crippen LogP contribution is 2.17. The standard InChI is InChI=1S/C8H17NO2S2/c1-5-9(6-2)8(12-3)7-13(4,10)11/h7H,5-6H2,1-4H3/b8-7+. The Balaban J connectivity index is 4.78. The van der Waals surface area contributed by atoms with Gasteiger partial charge in [0, 0.05) is 19.3 Å². The van der Waals surface area contributed by atoms with Crippen molar-refractivity contribution in [2.45, 2.75) is 13.8 Å². The molecule has 0 amide bonds. The Morgan fingerprint density at radius 2 is 1.85 bits per heavy atom. The predicted molar refractivity (Wildman–Crippen MR) is 59.4 cm³/mol. The summed E-state index contributed by atoms with van der Waals surface area (Å²) in [6, 6.07) is 0. The number of sulfone groups is 1. The number of hydrogen-bond donors (Lipinski definition) is 0. The molecule has 0 N–H and O–H groups in total. The summed E-state index contributed by atoms with van der Waals surface area (Å²) in [5.74, 6) is 0.